The van der Waals surface area contributed by atoms with Gasteiger partial charge in [-0.3, -0.25) is 0 Å². The van der Waals surface area contributed by atoms with E-state index >= 15 is 0 Å². The fourth-order valence-electron chi connectivity index (χ4n) is 1.70. The number of hydrogen-bond acceptors (Lipinski definition) is 1. The molecule has 0 aliphatic rings. The van der Waals surface area contributed by atoms with Crippen molar-refractivity contribution in [2.45, 2.75) is 18.9 Å². The normalized spacial score (nSPS) is 11.9. The summed E-state index contributed by atoms with van der Waals surface area (Å²) < 4.78 is 0. The van der Waals surface area contributed by atoms with E-state index in [-0.39, 0.29) is 0 Å². The van der Waals surface area contributed by atoms with Gasteiger partial charge in [-0.25, -0.2) is 0 Å². The third-order valence-corrected chi connectivity index (χ3v) is 2.60. The van der Waals surface area contributed by atoms with Crippen LogP contribution in [-0.4, -0.2) is 15.1 Å². The maximum Gasteiger partial charge on any atom is 0.143 e. The van der Waals surface area contributed by atoms with Crippen LogP contribution in [0.1, 0.15) is 24.7 Å². The lowest BCUT2D eigenvalue weighted by molar-refractivity contribution is 0.0684. The maximum atomic E-state index is 10.5. The van der Waals surface area contributed by atoms with E-state index in [1.165, 1.54) is 0 Å². The van der Waals surface area contributed by atoms with Crippen LogP contribution in [0.3, 0.4) is 0 Å². The molecule has 2 aromatic rings. The van der Waals surface area contributed by atoms with Crippen molar-refractivity contribution in [1.29, 1.82) is 0 Å². The predicted molar refractivity (Wildman–Crippen MR) is 54.9 cm³/mol. The van der Waals surface area contributed by atoms with Gasteiger partial charge in [0.05, 0.1) is 11.4 Å². The van der Waals surface area contributed by atoms with Gasteiger partial charge in [-0.05, 0) is 30.7 Å². The standard InChI is InChI=1S/C11H14N2O/c1-2-11(14,9-5-3-7-12-9)10-6-4-8-13-10/h3-8,12-14H,2H2,1H3. The van der Waals surface area contributed by atoms with Crippen LogP contribution in [0.4, 0.5) is 0 Å². The van der Waals surface area contributed by atoms with E-state index in [1.54, 1.807) is 0 Å². The summed E-state index contributed by atoms with van der Waals surface area (Å²) in [7, 11) is 0. The van der Waals surface area contributed by atoms with Crippen molar-refractivity contribution in [3.63, 3.8) is 0 Å². The van der Waals surface area contributed by atoms with E-state index in [0.717, 1.165) is 11.4 Å². The predicted octanol–water partition coefficient (Wildman–Crippen LogP) is 1.99. The summed E-state index contributed by atoms with van der Waals surface area (Å²) >= 11 is 0. The van der Waals surface area contributed by atoms with Crippen LogP contribution >= 0.6 is 0 Å². The molecule has 0 aliphatic heterocycles. The Labute approximate surface area is 82.8 Å². The summed E-state index contributed by atoms with van der Waals surface area (Å²) in [6.07, 6.45) is 4.27. The van der Waals surface area contributed by atoms with Gasteiger partial charge >= 0.3 is 0 Å². The Balaban J connectivity index is 2.45. The van der Waals surface area contributed by atoms with Crippen LogP contribution in [0.5, 0.6) is 0 Å². The van der Waals surface area contributed by atoms with E-state index in [0.29, 0.717) is 6.42 Å². The Morgan fingerprint density at radius 1 is 1.14 bits per heavy atom. The minimum absolute atomic E-state index is 0.633. The zero-order valence-corrected chi connectivity index (χ0v) is 8.12. The fourth-order valence-corrected chi connectivity index (χ4v) is 1.70. The Morgan fingerprint density at radius 3 is 1.93 bits per heavy atom. The van der Waals surface area contributed by atoms with E-state index < -0.39 is 5.60 Å². The lowest BCUT2D eigenvalue weighted by Crippen LogP contribution is -2.27. The molecule has 2 rings (SSSR count). The molecule has 3 nitrogen and oxygen atoms in total. The largest absolute Gasteiger partial charge is 0.377 e. The first-order valence-corrected chi connectivity index (χ1v) is 4.77. The second-order valence-electron chi connectivity index (χ2n) is 3.38. The fraction of sp³-hybridized carbons (Fsp3) is 0.273. The molecule has 0 radical (unpaired) electrons. The van der Waals surface area contributed by atoms with Crippen LogP contribution < -0.4 is 0 Å². The molecule has 0 unspecified atom stereocenters. The Hall–Kier alpha value is -1.48. The maximum absolute atomic E-state index is 10.5. The number of nitrogens with one attached hydrogen (secondary N) is 2. The summed E-state index contributed by atoms with van der Waals surface area (Å²) in [5.74, 6) is 0. The molecule has 0 fully saturated rings. The van der Waals surface area contributed by atoms with Crippen LogP contribution in [0, 0.1) is 0 Å². The minimum Gasteiger partial charge on any atom is -0.377 e. The zero-order valence-electron chi connectivity index (χ0n) is 8.12. The first-order chi connectivity index (χ1) is 6.77. The monoisotopic (exact) mass is 190 g/mol. The highest BCUT2D eigenvalue weighted by atomic mass is 16.3. The Kier molecular flexibility index (Phi) is 2.17. The van der Waals surface area contributed by atoms with E-state index in [2.05, 4.69) is 9.97 Å². The molecule has 0 aromatic carbocycles. The van der Waals surface area contributed by atoms with Crippen molar-refractivity contribution in [2.75, 3.05) is 0 Å². The lowest BCUT2D eigenvalue weighted by atomic mass is 9.93. The van der Waals surface area contributed by atoms with Gasteiger partial charge in [0.1, 0.15) is 5.60 Å². The average Bonchev–Trinajstić information content (AvgIpc) is 2.88. The Bertz CT molecular complexity index is 341. The number of rotatable bonds is 3. The van der Waals surface area contributed by atoms with Crippen molar-refractivity contribution in [2.24, 2.45) is 0 Å². The van der Waals surface area contributed by atoms with Gasteiger partial charge in [0.15, 0.2) is 0 Å². The number of aromatic nitrogens is 2. The van der Waals surface area contributed by atoms with Crippen LogP contribution in [0.15, 0.2) is 36.7 Å². The van der Waals surface area contributed by atoms with Gasteiger partial charge in [-0.1, -0.05) is 6.92 Å². The van der Waals surface area contributed by atoms with Gasteiger partial charge in [0, 0.05) is 12.4 Å². The molecular weight excluding hydrogens is 176 g/mol. The summed E-state index contributed by atoms with van der Waals surface area (Å²) in [6, 6.07) is 7.56. The van der Waals surface area contributed by atoms with Crippen molar-refractivity contribution >= 4 is 0 Å². The highest BCUT2D eigenvalue weighted by Crippen LogP contribution is 2.30. The van der Waals surface area contributed by atoms with Crippen molar-refractivity contribution < 1.29 is 5.11 Å². The van der Waals surface area contributed by atoms with Gasteiger partial charge in [0.2, 0.25) is 0 Å². The highest BCUT2D eigenvalue weighted by Gasteiger charge is 2.31. The van der Waals surface area contributed by atoms with Gasteiger partial charge in [0.25, 0.3) is 0 Å². The highest BCUT2D eigenvalue weighted by molar-refractivity contribution is 5.27. The second-order valence-corrected chi connectivity index (χ2v) is 3.38. The molecule has 0 bridgehead atoms. The summed E-state index contributed by atoms with van der Waals surface area (Å²) in [5.41, 5.74) is 0.720. The van der Waals surface area contributed by atoms with Crippen molar-refractivity contribution in [3.05, 3.63) is 48.0 Å². The summed E-state index contributed by atoms with van der Waals surface area (Å²) in [5, 5.41) is 10.5. The van der Waals surface area contributed by atoms with Crippen molar-refractivity contribution in [1.82, 2.24) is 9.97 Å². The molecule has 0 saturated carbocycles. The number of aliphatic hydroxyl groups is 1. The van der Waals surface area contributed by atoms with Crippen LogP contribution in [-0.2, 0) is 5.60 Å². The molecule has 0 aliphatic carbocycles. The van der Waals surface area contributed by atoms with Gasteiger partial charge < -0.3 is 15.1 Å². The molecule has 74 valence electrons. The molecule has 0 amide bonds. The molecule has 14 heavy (non-hydrogen) atoms. The molecule has 0 atom stereocenters. The second kappa shape index (κ2) is 3.35. The van der Waals surface area contributed by atoms with Crippen LogP contribution in [0.2, 0.25) is 0 Å². The van der Waals surface area contributed by atoms with Crippen molar-refractivity contribution in [3.8, 4) is 0 Å². The molecule has 2 heterocycles. The number of H-pyrrole nitrogens is 2. The van der Waals surface area contributed by atoms with E-state index in [1.807, 2.05) is 43.6 Å². The SMILES string of the molecule is CCC(O)(c1ccc[nH]1)c1ccc[nH]1. The average molecular weight is 190 g/mol. The first-order valence-electron chi connectivity index (χ1n) is 4.77. The Morgan fingerprint density at radius 2 is 1.64 bits per heavy atom. The summed E-state index contributed by atoms with van der Waals surface area (Å²) in [4.78, 5) is 6.09. The topological polar surface area (TPSA) is 51.8 Å². The summed E-state index contributed by atoms with van der Waals surface area (Å²) in [6.45, 7) is 1.96. The third kappa shape index (κ3) is 1.26. The molecular formula is C11H14N2O. The molecule has 3 N–H and O–H groups in total. The lowest BCUT2D eigenvalue weighted by Gasteiger charge is -2.24. The third-order valence-electron chi connectivity index (χ3n) is 2.60. The zero-order chi connectivity index (χ0) is 10.0. The quantitative estimate of drug-likeness (QED) is 0.681. The molecule has 0 saturated heterocycles. The minimum atomic E-state index is -0.924. The van der Waals surface area contributed by atoms with Gasteiger partial charge in [-0.15, -0.1) is 0 Å². The smallest absolute Gasteiger partial charge is 0.143 e. The van der Waals surface area contributed by atoms with E-state index in [4.69, 9.17) is 0 Å². The number of aromatic amines is 2. The number of hydrogen-bond donors (Lipinski definition) is 3. The van der Waals surface area contributed by atoms with Crippen LogP contribution in [0.25, 0.3) is 0 Å². The van der Waals surface area contributed by atoms with E-state index in [9.17, 15) is 5.11 Å². The first kappa shape index (κ1) is 9.09. The molecule has 0 spiro atoms. The molecule has 2 aromatic heterocycles. The molecule has 3 heteroatoms. The van der Waals surface area contributed by atoms with Gasteiger partial charge in [-0.2, -0.15) is 0 Å².